The maximum Gasteiger partial charge on any atom is 0.101 e. The van der Waals surface area contributed by atoms with Gasteiger partial charge < -0.3 is 9.64 Å². The van der Waals surface area contributed by atoms with Crippen molar-refractivity contribution >= 4 is 0 Å². The second kappa shape index (κ2) is 5.29. The Labute approximate surface area is 91.9 Å². The van der Waals surface area contributed by atoms with E-state index in [9.17, 15) is 0 Å². The van der Waals surface area contributed by atoms with Crippen LogP contribution in [0.4, 0.5) is 0 Å². The zero-order valence-corrected chi connectivity index (χ0v) is 9.41. The minimum absolute atomic E-state index is 0.652. The first kappa shape index (κ1) is 10.7. The maximum absolute atomic E-state index is 5.37. The van der Waals surface area contributed by atoms with E-state index in [1.165, 1.54) is 12.1 Å². The van der Waals surface area contributed by atoms with Crippen LogP contribution in [0, 0.1) is 0 Å². The highest BCUT2D eigenvalue weighted by molar-refractivity contribution is 5.18. The van der Waals surface area contributed by atoms with E-state index in [0.717, 1.165) is 26.3 Å². The summed E-state index contributed by atoms with van der Waals surface area (Å²) in [5, 5.41) is 0. The normalized spacial score (nSPS) is 20.1. The fourth-order valence-corrected chi connectivity index (χ4v) is 2.20. The Hall–Kier alpha value is -0.860. The zero-order valence-electron chi connectivity index (χ0n) is 9.41. The van der Waals surface area contributed by atoms with Crippen LogP contribution in [0.5, 0.6) is 0 Å². The minimum atomic E-state index is 0.652. The van der Waals surface area contributed by atoms with Gasteiger partial charge in [0, 0.05) is 5.92 Å². The Kier molecular flexibility index (Phi) is 3.75. The average Bonchev–Trinajstić information content (AvgIpc) is 2.31. The maximum atomic E-state index is 5.37. The molecule has 2 heteroatoms. The van der Waals surface area contributed by atoms with Crippen molar-refractivity contribution < 1.29 is 9.64 Å². The molecule has 2 nitrogen and oxygen atoms in total. The lowest BCUT2D eigenvalue weighted by atomic mass is 10.0. The Morgan fingerprint density at radius 3 is 2.53 bits per heavy atom. The molecule has 15 heavy (non-hydrogen) atoms. The summed E-state index contributed by atoms with van der Waals surface area (Å²) in [6.07, 6.45) is 0. The summed E-state index contributed by atoms with van der Waals surface area (Å²) < 4.78 is 5.37. The van der Waals surface area contributed by atoms with Crippen molar-refractivity contribution in [3.05, 3.63) is 35.9 Å². The number of nitrogens with one attached hydrogen (secondary N) is 1. The van der Waals surface area contributed by atoms with Crippen LogP contribution in [0.15, 0.2) is 30.3 Å². The van der Waals surface area contributed by atoms with Gasteiger partial charge in [-0.3, -0.25) is 0 Å². The largest absolute Gasteiger partial charge is 0.370 e. The Balaban J connectivity index is 1.88. The van der Waals surface area contributed by atoms with Gasteiger partial charge in [-0.05, 0) is 5.56 Å². The number of quaternary nitrogens is 1. The molecule has 0 bridgehead atoms. The third-order valence-corrected chi connectivity index (χ3v) is 3.16. The van der Waals surface area contributed by atoms with Crippen molar-refractivity contribution in [2.75, 3.05) is 32.8 Å². The van der Waals surface area contributed by atoms with Gasteiger partial charge in [0.2, 0.25) is 0 Å². The molecule has 0 unspecified atom stereocenters. The number of hydrogen-bond acceptors (Lipinski definition) is 1. The smallest absolute Gasteiger partial charge is 0.101 e. The molecule has 1 heterocycles. The van der Waals surface area contributed by atoms with E-state index >= 15 is 0 Å². The van der Waals surface area contributed by atoms with Crippen LogP contribution < -0.4 is 4.90 Å². The summed E-state index contributed by atoms with van der Waals surface area (Å²) in [6.45, 7) is 7.73. The van der Waals surface area contributed by atoms with Crippen LogP contribution in [0.1, 0.15) is 18.4 Å². The van der Waals surface area contributed by atoms with Crippen molar-refractivity contribution in [2.45, 2.75) is 12.8 Å². The molecule has 2 rings (SSSR count). The van der Waals surface area contributed by atoms with Crippen LogP contribution in [-0.2, 0) is 4.74 Å². The van der Waals surface area contributed by atoms with E-state index in [4.69, 9.17) is 4.74 Å². The molecule has 0 radical (unpaired) electrons. The molecule has 0 amide bonds. The quantitative estimate of drug-likeness (QED) is 0.769. The van der Waals surface area contributed by atoms with Gasteiger partial charge in [-0.15, -0.1) is 0 Å². The molecule has 1 saturated heterocycles. The molecular weight excluding hydrogens is 186 g/mol. The SMILES string of the molecule is C[C@@H](C[NH+]1CCOCC1)c1ccccc1. The number of hydrogen-bond donors (Lipinski definition) is 1. The monoisotopic (exact) mass is 206 g/mol. The average molecular weight is 206 g/mol. The predicted molar refractivity (Wildman–Crippen MR) is 61.2 cm³/mol. The first-order chi connectivity index (χ1) is 7.36. The van der Waals surface area contributed by atoms with Crippen LogP contribution in [0.2, 0.25) is 0 Å². The molecule has 1 aliphatic rings. The molecule has 1 aromatic rings. The lowest BCUT2D eigenvalue weighted by Gasteiger charge is -2.26. The fourth-order valence-electron chi connectivity index (χ4n) is 2.20. The van der Waals surface area contributed by atoms with Crippen molar-refractivity contribution in [3.63, 3.8) is 0 Å². The second-order valence-corrected chi connectivity index (χ2v) is 4.38. The van der Waals surface area contributed by atoms with Crippen molar-refractivity contribution in [1.82, 2.24) is 0 Å². The van der Waals surface area contributed by atoms with E-state index < -0.39 is 0 Å². The number of morpholine rings is 1. The standard InChI is InChI=1S/C13H19NO/c1-12(13-5-3-2-4-6-13)11-14-7-9-15-10-8-14/h2-6,12H,7-11H2,1H3/p+1/t12-/m0/s1. The van der Waals surface area contributed by atoms with E-state index in [1.54, 1.807) is 4.90 Å². The molecule has 0 aromatic heterocycles. The third kappa shape index (κ3) is 3.05. The van der Waals surface area contributed by atoms with Gasteiger partial charge in [0.15, 0.2) is 0 Å². The summed E-state index contributed by atoms with van der Waals surface area (Å²) in [5.74, 6) is 0.652. The van der Waals surface area contributed by atoms with Gasteiger partial charge in [0.25, 0.3) is 0 Å². The van der Waals surface area contributed by atoms with Crippen LogP contribution >= 0.6 is 0 Å². The van der Waals surface area contributed by atoms with E-state index in [-0.39, 0.29) is 0 Å². The number of benzene rings is 1. The van der Waals surface area contributed by atoms with Crippen LogP contribution in [0.25, 0.3) is 0 Å². The molecule has 0 spiro atoms. The van der Waals surface area contributed by atoms with Crippen LogP contribution in [0.3, 0.4) is 0 Å². The predicted octanol–water partition coefficient (Wildman–Crippen LogP) is 0.705. The highest BCUT2D eigenvalue weighted by atomic mass is 16.5. The summed E-state index contributed by atoms with van der Waals surface area (Å²) in [5.41, 5.74) is 1.46. The van der Waals surface area contributed by atoms with Gasteiger partial charge in [-0.2, -0.15) is 0 Å². The highest BCUT2D eigenvalue weighted by Gasteiger charge is 2.17. The molecule has 0 aliphatic carbocycles. The molecule has 1 fully saturated rings. The molecule has 0 saturated carbocycles. The Morgan fingerprint density at radius 1 is 1.20 bits per heavy atom. The summed E-state index contributed by atoms with van der Waals surface area (Å²) in [6, 6.07) is 10.8. The minimum Gasteiger partial charge on any atom is -0.370 e. The fraction of sp³-hybridized carbons (Fsp3) is 0.538. The van der Waals surface area contributed by atoms with Crippen LogP contribution in [-0.4, -0.2) is 32.8 Å². The highest BCUT2D eigenvalue weighted by Crippen LogP contribution is 2.11. The molecule has 82 valence electrons. The lowest BCUT2D eigenvalue weighted by molar-refractivity contribution is -0.909. The van der Waals surface area contributed by atoms with E-state index in [1.807, 2.05) is 0 Å². The first-order valence-corrected chi connectivity index (χ1v) is 5.82. The van der Waals surface area contributed by atoms with E-state index in [0.29, 0.717) is 5.92 Å². The summed E-state index contributed by atoms with van der Waals surface area (Å²) in [7, 11) is 0. The zero-order chi connectivity index (χ0) is 10.5. The van der Waals surface area contributed by atoms with E-state index in [2.05, 4.69) is 37.3 Å². The topological polar surface area (TPSA) is 13.7 Å². The van der Waals surface area contributed by atoms with Gasteiger partial charge in [-0.1, -0.05) is 37.3 Å². The lowest BCUT2D eigenvalue weighted by Crippen LogP contribution is -3.14. The number of rotatable bonds is 3. The molecule has 1 N–H and O–H groups in total. The van der Waals surface area contributed by atoms with Crippen molar-refractivity contribution in [3.8, 4) is 0 Å². The summed E-state index contributed by atoms with van der Waals surface area (Å²) in [4.78, 5) is 1.68. The Morgan fingerprint density at radius 2 is 1.87 bits per heavy atom. The van der Waals surface area contributed by atoms with Gasteiger partial charge >= 0.3 is 0 Å². The third-order valence-electron chi connectivity index (χ3n) is 3.16. The van der Waals surface area contributed by atoms with Crippen molar-refractivity contribution in [1.29, 1.82) is 0 Å². The molecule has 1 atom stereocenters. The number of ether oxygens (including phenoxy) is 1. The van der Waals surface area contributed by atoms with Gasteiger partial charge in [0.1, 0.15) is 13.1 Å². The summed E-state index contributed by atoms with van der Waals surface area (Å²) >= 11 is 0. The van der Waals surface area contributed by atoms with Gasteiger partial charge in [0.05, 0.1) is 19.8 Å². The molecule has 1 aliphatic heterocycles. The molecular formula is C13H20NO+. The Bertz CT molecular complexity index is 280. The second-order valence-electron chi connectivity index (χ2n) is 4.38. The van der Waals surface area contributed by atoms with Gasteiger partial charge in [-0.25, -0.2) is 0 Å². The first-order valence-electron chi connectivity index (χ1n) is 5.82. The molecule has 1 aromatic carbocycles. The van der Waals surface area contributed by atoms with Crippen molar-refractivity contribution in [2.24, 2.45) is 0 Å².